The molecule has 0 radical (unpaired) electrons. The zero-order valence-corrected chi connectivity index (χ0v) is 13.9. The zero-order chi connectivity index (χ0) is 13.3. The molecule has 1 amide bonds. The second-order valence-corrected chi connectivity index (χ2v) is 7.60. The summed E-state index contributed by atoms with van der Waals surface area (Å²) in [5, 5.41) is 3.21. The smallest absolute Gasteiger partial charge is 0.257 e. The zero-order valence-electron chi connectivity index (χ0n) is 9.13. The first kappa shape index (κ1) is 14.0. The fourth-order valence-corrected chi connectivity index (χ4v) is 4.33. The molecule has 0 fully saturated rings. The normalized spacial score (nSPS) is 10.4. The molecule has 1 N–H and O–H groups in total. The van der Waals surface area contributed by atoms with Crippen LogP contribution in [0.4, 0.5) is 5.69 Å². The Morgan fingerprint density at radius 3 is 2.72 bits per heavy atom. The summed E-state index contributed by atoms with van der Waals surface area (Å²) in [7, 11) is 0. The fraction of sp³-hybridized carbons (Fsp3) is 0.0909. The molecule has 0 aliphatic heterocycles. The van der Waals surface area contributed by atoms with Crippen molar-refractivity contribution in [1.29, 1.82) is 0 Å². The molecule has 0 aromatic carbocycles. The van der Waals surface area contributed by atoms with E-state index in [-0.39, 0.29) is 5.91 Å². The van der Waals surface area contributed by atoms with E-state index in [9.17, 15) is 4.79 Å². The summed E-state index contributed by atoms with van der Waals surface area (Å²) in [4.78, 5) is 16.1. The van der Waals surface area contributed by atoms with Crippen LogP contribution in [0.2, 0.25) is 5.15 Å². The van der Waals surface area contributed by atoms with Crippen LogP contribution in [-0.2, 0) is 0 Å². The van der Waals surface area contributed by atoms with Gasteiger partial charge in [0.2, 0.25) is 0 Å². The fourth-order valence-electron chi connectivity index (χ4n) is 1.35. The monoisotopic (exact) mass is 408 g/mol. The highest BCUT2D eigenvalue weighted by atomic mass is 79.9. The van der Waals surface area contributed by atoms with Crippen molar-refractivity contribution < 1.29 is 4.79 Å². The minimum absolute atomic E-state index is 0.184. The lowest BCUT2D eigenvalue weighted by Gasteiger charge is -2.07. The van der Waals surface area contributed by atoms with E-state index < -0.39 is 0 Å². The largest absolute Gasteiger partial charge is 0.320 e. The first-order valence-electron chi connectivity index (χ1n) is 4.86. The van der Waals surface area contributed by atoms with Crippen molar-refractivity contribution in [3.8, 4) is 0 Å². The lowest BCUT2D eigenvalue weighted by molar-refractivity contribution is 0.102. The maximum absolute atomic E-state index is 12.1. The quantitative estimate of drug-likeness (QED) is 0.717. The Morgan fingerprint density at radius 1 is 1.44 bits per heavy atom. The lowest BCUT2D eigenvalue weighted by atomic mass is 10.2. The highest BCUT2D eigenvalue weighted by Crippen LogP contribution is 2.32. The molecule has 0 bridgehead atoms. The molecule has 0 atom stereocenters. The van der Waals surface area contributed by atoms with E-state index in [2.05, 4.69) is 42.2 Å². The summed E-state index contributed by atoms with van der Waals surface area (Å²) in [5.41, 5.74) is 1.92. The molecule has 2 aromatic rings. The molecule has 7 heteroatoms. The molecule has 0 spiro atoms. The standard InChI is InChI=1S/C11H7Br2ClN2OS/c1-5-7(2-3-9(14)15-5)16-11(17)6-4-8(12)18-10(6)13/h2-4H,1H3,(H,16,17). The summed E-state index contributed by atoms with van der Waals surface area (Å²) in [6.45, 7) is 1.79. The van der Waals surface area contributed by atoms with Crippen LogP contribution in [0.1, 0.15) is 16.1 Å². The van der Waals surface area contributed by atoms with Gasteiger partial charge in [-0.3, -0.25) is 4.79 Å². The Morgan fingerprint density at radius 2 is 2.17 bits per heavy atom. The Bertz CT molecular complexity index is 615. The van der Waals surface area contributed by atoms with Gasteiger partial charge in [0.1, 0.15) is 5.15 Å². The van der Waals surface area contributed by atoms with Crippen LogP contribution in [0.5, 0.6) is 0 Å². The molecule has 0 unspecified atom stereocenters. The van der Waals surface area contributed by atoms with Gasteiger partial charge in [-0.2, -0.15) is 0 Å². The minimum Gasteiger partial charge on any atom is -0.320 e. The van der Waals surface area contributed by atoms with Crippen LogP contribution in [-0.4, -0.2) is 10.9 Å². The van der Waals surface area contributed by atoms with Gasteiger partial charge < -0.3 is 5.32 Å². The SMILES string of the molecule is Cc1nc(Cl)ccc1NC(=O)c1cc(Br)sc1Br. The number of hydrogen-bond acceptors (Lipinski definition) is 3. The number of carbonyl (C=O) groups is 1. The summed E-state index contributed by atoms with van der Waals surface area (Å²) in [6.07, 6.45) is 0. The van der Waals surface area contributed by atoms with Crippen molar-refractivity contribution in [1.82, 2.24) is 4.98 Å². The van der Waals surface area contributed by atoms with Crippen LogP contribution in [0.15, 0.2) is 25.8 Å². The number of nitrogens with zero attached hydrogens (tertiary/aromatic N) is 1. The Labute approximate surface area is 130 Å². The molecule has 0 saturated carbocycles. The molecular weight excluding hydrogens is 403 g/mol. The van der Waals surface area contributed by atoms with Crippen molar-refractivity contribution in [3.05, 3.63) is 42.2 Å². The maximum atomic E-state index is 12.1. The van der Waals surface area contributed by atoms with Crippen molar-refractivity contribution >= 4 is 66.4 Å². The Balaban J connectivity index is 2.24. The van der Waals surface area contributed by atoms with Gasteiger partial charge in [0.25, 0.3) is 5.91 Å². The number of amides is 1. The summed E-state index contributed by atoms with van der Waals surface area (Å²) >= 11 is 13.9. The van der Waals surface area contributed by atoms with Crippen molar-refractivity contribution in [2.24, 2.45) is 0 Å². The second-order valence-electron chi connectivity index (χ2n) is 3.46. The number of aromatic nitrogens is 1. The number of thiophene rings is 1. The number of anilines is 1. The highest BCUT2D eigenvalue weighted by molar-refractivity contribution is 9.12. The molecule has 18 heavy (non-hydrogen) atoms. The molecule has 0 aliphatic carbocycles. The predicted molar refractivity (Wildman–Crippen MR) is 81.7 cm³/mol. The first-order valence-corrected chi connectivity index (χ1v) is 7.65. The number of nitrogens with one attached hydrogen (secondary N) is 1. The van der Waals surface area contributed by atoms with E-state index in [0.29, 0.717) is 22.1 Å². The number of aryl methyl sites for hydroxylation is 1. The molecule has 3 nitrogen and oxygen atoms in total. The number of halogens is 3. The van der Waals surface area contributed by atoms with Gasteiger partial charge in [-0.25, -0.2) is 4.98 Å². The highest BCUT2D eigenvalue weighted by Gasteiger charge is 2.14. The minimum atomic E-state index is -0.184. The van der Waals surface area contributed by atoms with Gasteiger partial charge in [-0.05, 0) is 57.0 Å². The van der Waals surface area contributed by atoms with Crippen molar-refractivity contribution in [2.45, 2.75) is 6.92 Å². The molecule has 2 heterocycles. The third-order valence-electron chi connectivity index (χ3n) is 2.20. The van der Waals surface area contributed by atoms with Crippen LogP contribution < -0.4 is 5.32 Å². The van der Waals surface area contributed by atoms with E-state index in [1.807, 2.05) is 0 Å². The molecule has 2 aromatic heterocycles. The van der Waals surface area contributed by atoms with Crippen LogP contribution >= 0.6 is 54.8 Å². The first-order chi connectivity index (χ1) is 8.47. The Hall–Kier alpha value is -0.430. The van der Waals surface area contributed by atoms with E-state index in [0.717, 1.165) is 7.57 Å². The molecule has 94 valence electrons. The van der Waals surface area contributed by atoms with Crippen LogP contribution in [0.25, 0.3) is 0 Å². The maximum Gasteiger partial charge on any atom is 0.257 e. The molecular formula is C11H7Br2ClN2OS. The van der Waals surface area contributed by atoms with Gasteiger partial charge in [0.15, 0.2) is 0 Å². The summed E-state index contributed by atoms with van der Waals surface area (Å²) in [5.74, 6) is -0.184. The van der Waals surface area contributed by atoms with Crippen LogP contribution in [0, 0.1) is 6.92 Å². The van der Waals surface area contributed by atoms with Gasteiger partial charge >= 0.3 is 0 Å². The summed E-state index contributed by atoms with van der Waals surface area (Å²) < 4.78 is 1.68. The van der Waals surface area contributed by atoms with E-state index in [4.69, 9.17) is 11.6 Å². The molecule has 0 aliphatic rings. The number of carbonyl (C=O) groups excluding carboxylic acids is 1. The van der Waals surface area contributed by atoms with Crippen LogP contribution in [0.3, 0.4) is 0 Å². The van der Waals surface area contributed by atoms with Crippen molar-refractivity contribution in [2.75, 3.05) is 5.32 Å². The summed E-state index contributed by atoms with van der Waals surface area (Å²) in [6, 6.07) is 5.14. The predicted octanol–water partition coefficient (Wildman–Crippen LogP) is 4.88. The van der Waals surface area contributed by atoms with Gasteiger partial charge in [0, 0.05) is 0 Å². The number of hydrogen-bond donors (Lipinski definition) is 1. The van der Waals surface area contributed by atoms with E-state index in [1.54, 1.807) is 25.1 Å². The third kappa shape index (κ3) is 3.12. The van der Waals surface area contributed by atoms with Gasteiger partial charge in [-0.1, -0.05) is 11.6 Å². The number of pyridine rings is 1. The van der Waals surface area contributed by atoms with Gasteiger partial charge in [-0.15, -0.1) is 11.3 Å². The number of rotatable bonds is 2. The molecule has 0 saturated heterocycles. The Kier molecular flexibility index (Phi) is 4.42. The van der Waals surface area contributed by atoms with E-state index in [1.165, 1.54) is 11.3 Å². The lowest BCUT2D eigenvalue weighted by Crippen LogP contribution is -2.12. The average Bonchev–Trinajstić information content (AvgIpc) is 2.62. The second kappa shape index (κ2) is 5.69. The average molecular weight is 411 g/mol. The van der Waals surface area contributed by atoms with Gasteiger partial charge in [0.05, 0.1) is 24.5 Å². The topological polar surface area (TPSA) is 42.0 Å². The van der Waals surface area contributed by atoms with E-state index >= 15 is 0 Å². The van der Waals surface area contributed by atoms with Crippen molar-refractivity contribution in [3.63, 3.8) is 0 Å². The third-order valence-corrected chi connectivity index (χ3v) is 4.75. The molecule has 2 rings (SSSR count).